The Morgan fingerprint density at radius 1 is 0.379 bits per heavy atom. The lowest BCUT2D eigenvalue weighted by Crippen LogP contribution is -2.60. The molecule has 0 bridgehead atoms. The van der Waals surface area contributed by atoms with Crippen LogP contribution in [0.5, 0.6) is 0 Å². The molecule has 0 rings (SSSR count). The molecule has 0 aromatic rings. The third-order valence-corrected chi connectivity index (χ3v) is 27.8. The zero-order chi connectivity index (χ0) is 43.7. The molecule has 15 heteroatoms. The van der Waals surface area contributed by atoms with E-state index in [-0.39, 0.29) is 13.2 Å². The average molecular weight is 916 g/mol. The Bertz CT molecular complexity index is 927. The molecule has 0 aromatic heterocycles. The van der Waals surface area contributed by atoms with Crippen molar-refractivity contribution in [2.75, 3.05) is 66.6 Å². The average Bonchev–Trinajstić information content (AvgIpc) is 3.09. The zero-order valence-corrected chi connectivity index (χ0v) is 45.4. The zero-order valence-electron chi connectivity index (χ0n) is 40.4. The highest BCUT2D eigenvalue weighted by Crippen LogP contribution is 2.32. The predicted octanol–water partition coefficient (Wildman–Crippen LogP) is 12.1. The summed E-state index contributed by atoms with van der Waals surface area (Å²) >= 11 is 0. The van der Waals surface area contributed by atoms with Crippen LogP contribution < -0.4 is 0 Å². The van der Waals surface area contributed by atoms with Gasteiger partial charge in [-0.2, -0.15) is 0 Å². The minimum atomic E-state index is -2.74. The molecule has 10 nitrogen and oxygen atoms in total. The molecule has 0 heterocycles. The molecule has 0 aliphatic carbocycles. The second-order valence-electron chi connectivity index (χ2n) is 19.2. The van der Waals surface area contributed by atoms with Crippen molar-refractivity contribution in [2.24, 2.45) is 0 Å². The van der Waals surface area contributed by atoms with Gasteiger partial charge in [-0.05, 0) is 103 Å². The lowest BCUT2D eigenvalue weighted by molar-refractivity contribution is -0.0229. The number of hydrogen-bond donors (Lipinski definition) is 1. The number of rotatable bonds is 44. The maximum Gasteiger partial charge on any atom is 0.317 e. The lowest BCUT2D eigenvalue weighted by Gasteiger charge is -2.44. The van der Waals surface area contributed by atoms with Gasteiger partial charge in [0.25, 0.3) is 0 Å². The standard InChI is InChI=1S/C43H98O10Si5/c1-13-14-15-16-17-18-19-20-21-22-23-24-25-26-27-28-32-46-33-29-34-47-35-30-39-57(11,51-55(6,7)8)53-58(12,52-56(9,10)50-54(3,4)5)40-31-36-48-37-38-49-42-43(44)41-45-2/h43-44H,13-42H2,1-12H3. The van der Waals surface area contributed by atoms with Crippen molar-refractivity contribution >= 4 is 42.3 Å². The van der Waals surface area contributed by atoms with Gasteiger partial charge < -0.3 is 45.3 Å². The second kappa shape index (κ2) is 35.1. The molecule has 0 radical (unpaired) electrons. The van der Waals surface area contributed by atoms with Crippen molar-refractivity contribution in [1.82, 2.24) is 0 Å². The molecule has 1 N–H and O–H groups in total. The largest absolute Gasteiger partial charge is 0.437 e. The molecule has 0 saturated heterocycles. The summed E-state index contributed by atoms with van der Waals surface area (Å²) in [6.45, 7) is 29.4. The van der Waals surface area contributed by atoms with E-state index < -0.39 is 48.4 Å². The van der Waals surface area contributed by atoms with Crippen LogP contribution >= 0.6 is 0 Å². The third-order valence-electron chi connectivity index (χ3n) is 9.57. The van der Waals surface area contributed by atoms with Crippen LogP contribution in [0.2, 0.25) is 77.6 Å². The van der Waals surface area contributed by atoms with Crippen LogP contribution in [0.4, 0.5) is 0 Å². The fraction of sp³-hybridized carbons (Fsp3) is 1.00. The summed E-state index contributed by atoms with van der Waals surface area (Å²) < 4.78 is 56.2. The van der Waals surface area contributed by atoms with Crippen LogP contribution in [0, 0.1) is 0 Å². The Labute approximate surface area is 365 Å². The predicted molar refractivity (Wildman–Crippen MR) is 256 cm³/mol. The van der Waals surface area contributed by atoms with Crippen molar-refractivity contribution in [2.45, 2.75) is 213 Å². The van der Waals surface area contributed by atoms with E-state index in [1.807, 2.05) is 0 Å². The van der Waals surface area contributed by atoms with Gasteiger partial charge in [-0.15, -0.1) is 0 Å². The van der Waals surface area contributed by atoms with Crippen LogP contribution in [0.25, 0.3) is 0 Å². The monoisotopic (exact) mass is 915 g/mol. The van der Waals surface area contributed by atoms with Crippen molar-refractivity contribution in [3.05, 3.63) is 0 Å². The fourth-order valence-electron chi connectivity index (χ4n) is 7.52. The summed E-state index contributed by atoms with van der Waals surface area (Å²) in [5, 5.41) is 9.77. The Hall–Kier alpha value is 0.684. The minimum absolute atomic E-state index is 0.236. The third kappa shape index (κ3) is 39.5. The SMILES string of the molecule is CCCCCCCCCCCCCCCCCCOCCCOCCC[Si](C)(O[Si](C)(C)C)O[Si](C)(CCCOCCOCC(O)COC)O[Si](C)(C)O[Si](C)(C)C. The molecule has 3 unspecified atom stereocenters. The van der Waals surface area contributed by atoms with Gasteiger partial charge in [0.1, 0.15) is 6.10 Å². The summed E-state index contributed by atoms with van der Waals surface area (Å²) in [6.07, 6.45) is 24.2. The van der Waals surface area contributed by atoms with Gasteiger partial charge in [0.15, 0.2) is 16.6 Å². The first-order chi connectivity index (χ1) is 27.3. The number of aliphatic hydroxyl groups excluding tert-OH is 1. The molecular weight excluding hydrogens is 817 g/mol. The number of methoxy groups -OCH3 is 1. The summed E-state index contributed by atoms with van der Waals surface area (Å²) in [5.74, 6) is 0. The number of unbranched alkanes of at least 4 members (excludes halogenated alkanes) is 15. The Morgan fingerprint density at radius 2 is 0.759 bits per heavy atom. The van der Waals surface area contributed by atoms with Crippen molar-refractivity contribution < 1.29 is 45.3 Å². The maximum atomic E-state index is 9.77. The Balaban J connectivity index is 4.54. The van der Waals surface area contributed by atoms with Gasteiger partial charge in [-0.3, -0.25) is 0 Å². The normalized spacial score (nSPS) is 15.5. The topological polar surface area (TPSA) is 103 Å². The van der Waals surface area contributed by atoms with Crippen LogP contribution in [0.3, 0.4) is 0 Å². The van der Waals surface area contributed by atoms with E-state index >= 15 is 0 Å². The van der Waals surface area contributed by atoms with E-state index in [4.69, 9.17) is 40.1 Å². The van der Waals surface area contributed by atoms with Gasteiger partial charge in [0.05, 0.1) is 26.4 Å². The Morgan fingerprint density at radius 3 is 1.21 bits per heavy atom. The molecule has 0 amide bonds. The second-order valence-corrected chi connectivity index (χ2v) is 39.2. The van der Waals surface area contributed by atoms with Gasteiger partial charge in [0.2, 0.25) is 0 Å². The van der Waals surface area contributed by atoms with Gasteiger partial charge in [-0.1, -0.05) is 103 Å². The molecule has 0 aliphatic rings. The van der Waals surface area contributed by atoms with Gasteiger partial charge in [0, 0.05) is 40.1 Å². The van der Waals surface area contributed by atoms with Crippen LogP contribution in [-0.4, -0.2) is 120 Å². The summed E-state index contributed by atoms with van der Waals surface area (Å²) in [6, 6.07) is 1.65. The quantitative estimate of drug-likeness (QED) is 0.0469. The number of ether oxygens (including phenoxy) is 5. The number of aliphatic hydroxyl groups is 1. The molecule has 0 aliphatic heterocycles. The molecule has 0 saturated carbocycles. The van der Waals surface area contributed by atoms with Gasteiger partial charge in [-0.25, -0.2) is 0 Å². The summed E-state index contributed by atoms with van der Waals surface area (Å²) in [5.41, 5.74) is 0. The van der Waals surface area contributed by atoms with Crippen molar-refractivity contribution in [3.63, 3.8) is 0 Å². The highest BCUT2D eigenvalue weighted by atomic mass is 28.5. The summed E-state index contributed by atoms with van der Waals surface area (Å²) in [4.78, 5) is 0. The number of hydrogen-bond acceptors (Lipinski definition) is 10. The first kappa shape index (κ1) is 58.7. The van der Waals surface area contributed by atoms with E-state index in [1.165, 1.54) is 103 Å². The van der Waals surface area contributed by atoms with Gasteiger partial charge >= 0.3 is 25.7 Å². The lowest BCUT2D eigenvalue weighted by atomic mass is 10.0. The van der Waals surface area contributed by atoms with E-state index in [0.717, 1.165) is 51.2 Å². The molecular formula is C43H98O10Si5. The van der Waals surface area contributed by atoms with Crippen LogP contribution in [0.1, 0.15) is 129 Å². The molecule has 3 atom stereocenters. The molecule has 0 spiro atoms. The molecule has 0 fully saturated rings. The van der Waals surface area contributed by atoms with Crippen LogP contribution in [0.15, 0.2) is 0 Å². The minimum Gasteiger partial charge on any atom is -0.437 e. The highest BCUT2D eigenvalue weighted by molar-refractivity contribution is 6.90. The Kier molecular flexibility index (Phi) is 35.5. The maximum absolute atomic E-state index is 9.77. The van der Waals surface area contributed by atoms with Crippen molar-refractivity contribution in [3.8, 4) is 0 Å². The summed E-state index contributed by atoms with van der Waals surface area (Å²) in [7, 11) is -10.0. The molecule has 0 aromatic carbocycles. The van der Waals surface area contributed by atoms with E-state index in [2.05, 4.69) is 72.4 Å². The molecule has 58 heavy (non-hydrogen) atoms. The van der Waals surface area contributed by atoms with E-state index in [9.17, 15) is 5.11 Å². The van der Waals surface area contributed by atoms with E-state index in [1.54, 1.807) is 7.11 Å². The van der Waals surface area contributed by atoms with E-state index in [0.29, 0.717) is 26.4 Å². The van der Waals surface area contributed by atoms with Crippen LogP contribution in [-0.2, 0) is 40.1 Å². The fourth-order valence-corrected chi connectivity index (χ4v) is 31.2. The smallest absolute Gasteiger partial charge is 0.317 e. The van der Waals surface area contributed by atoms with Crippen molar-refractivity contribution in [1.29, 1.82) is 0 Å². The first-order valence-electron chi connectivity index (χ1n) is 23.6. The first-order valence-corrected chi connectivity index (χ1v) is 38.3. The highest BCUT2D eigenvalue weighted by Gasteiger charge is 2.48. The molecule has 350 valence electrons.